The second-order valence-electron chi connectivity index (χ2n) is 3.38. The molecule has 0 spiro atoms. The van der Waals surface area contributed by atoms with Gasteiger partial charge >= 0.3 is 0 Å². The number of rotatable bonds is 0. The van der Waals surface area contributed by atoms with Gasteiger partial charge in [-0.15, -0.1) is 0 Å². The standard InChI is InChI=1S/C11H5Cl2NO2/c12-7-10-8(14-11(7)13)9(15)5-3-1-2-4-6(5)16-10/h1-4,14H. The third-order valence-corrected chi connectivity index (χ3v) is 3.17. The fourth-order valence-electron chi connectivity index (χ4n) is 1.67. The summed E-state index contributed by atoms with van der Waals surface area (Å²) in [7, 11) is 0. The maximum absolute atomic E-state index is 12.0. The van der Waals surface area contributed by atoms with E-state index in [-0.39, 0.29) is 15.6 Å². The number of H-pyrrole nitrogens is 1. The molecule has 0 radical (unpaired) electrons. The minimum atomic E-state index is -0.161. The first-order chi connectivity index (χ1) is 7.68. The van der Waals surface area contributed by atoms with Crippen molar-refractivity contribution in [3.8, 4) is 0 Å². The van der Waals surface area contributed by atoms with Gasteiger partial charge in [0.25, 0.3) is 0 Å². The number of nitrogens with one attached hydrogen (secondary N) is 1. The van der Waals surface area contributed by atoms with Gasteiger partial charge in [0.2, 0.25) is 5.43 Å². The monoisotopic (exact) mass is 253 g/mol. The van der Waals surface area contributed by atoms with E-state index in [2.05, 4.69) is 4.98 Å². The van der Waals surface area contributed by atoms with Gasteiger partial charge in [-0.05, 0) is 12.1 Å². The van der Waals surface area contributed by atoms with Crippen molar-refractivity contribution in [1.82, 2.24) is 4.98 Å². The maximum atomic E-state index is 12.0. The molecule has 0 amide bonds. The van der Waals surface area contributed by atoms with Crippen LogP contribution in [0.1, 0.15) is 0 Å². The predicted molar refractivity (Wildman–Crippen MR) is 64.4 cm³/mol. The van der Waals surface area contributed by atoms with Gasteiger partial charge in [-0.3, -0.25) is 4.79 Å². The summed E-state index contributed by atoms with van der Waals surface area (Å²) in [5.41, 5.74) is 0.937. The van der Waals surface area contributed by atoms with Crippen LogP contribution in [0.5, 0.6) is 0 Å². The van der Waals surface area contributed by atoms with E-state index in [0.717, 1.165) is 0 Å². The zero-order chi connectivity index (χ0) is 11.3. The fraction of sp³-hybridized carbons (Fsp3) is 0. The maximum Gasteiger partial charge on any atom is 0.216 e. The Morgan fingerprint density at radius 3 is 2.75 bits per heavy atom. The Bertz CT molecular complexity index is 758. The van der Waals surface area contributed by atoms with Crippen LogP contribution in [0.3, 0.4) is 0 Å². The van der Waals surface area contributed by atoms with Crippen molar-refractivity contribution in [1.29, 1.82) is 0 Å². The van der Waals surface area contributed by atoms with Crippen LogP contribution in [0.4, 0.5) is 0 Å². The summed E-state index contributed by atoms with van der Waals surface area (Å²) >= 11 is 11.7. The van der Waals surface area contributed by atoms with Crippen LogP contribution in [-0.2, 0) is 0 Å². The summed E-state index contributed by atoms with van der Waals surface area (Å²) < 4.78 is 5.53. The van der Waals surface area contributed by atoms with Crippen molar-refractivity contribution in [3.63, 3.8) is 0 Å². The highest BCUT2D eigenvalue weighted by Gasteiger charge is 2.15. The smallest absolute Gasteiger partial charge is 0.216 e. The molecule has 2 heterocycles. The summed E-state index contributed by atoms with van der Waals surface area (Å²) in [4.78, 5) is 14.8. The minimum absolute atomic E-state index is 0.161. The first-order valence-electron chi connectivity index (χ1n) is 4.57. The van der Waals surface area contributed by atoms with Crippen LogP contribution < -0.4 is 5.43 Å². The Hall–Kier alpha value is -1.45. The minimum Gasteiger partial charge on any atom is -0.453 e. The lowest BCUT2D eigenvalue weighted by atomic mass is 10.2. The highest BCUT2D eigenvalue weighted by atomic mass is 35.5. The molecule has 0 fully saturated rings. The molecule has 0 unspecified atom stereocenters. The van der Waals surface area contributed by atoms with Crippen molar-refractivity contribution in [2.45, 2.75) is 0 Å². The molecule has 0 saturated carbocycles. The quantitative estimate of drug-likeness (QED) is 0.666. The first-order valence-corrected chi connectivity index (χ1v) is 5.32. The second kappa shape index (κ2) is 3.27. The number of fused-ring (bicyclic) bond motifs is 2. The molecule has 2 aromatic heterocycles. The number of aromatic nitrogens is 1. The van der Waals surface area contributed by atoms with E-state index in [4.69, 9.17) is 27.6 Å². The highest BCUT2D eigenvalue weighted by Crippen LogP contribution is 2.31. The van der Waals surface area contributed by atoms with Gasteiger partial charge < -0.3 is 9.40 Å². The van der Waals surface area contributed by atoms with Gasteiger partial charge in [-0.1, -0.05) is 35.3 Å². The molecule has 1 aromatic carbocycles. The van der Waals surface area contributed by atoms with Crippen LogP contribution in [0.2, 0.25) is 10.2 Å². The van der Waals surface area contributed by atoms with Gasteiger partial charge in [0, 0.05) is 0 Å². The summed E-state index contributed by atoms with van der Waals surface area (Å²) in [6.45, 7) is 0. The van der Waals surface area contributed by atoms with Gasteiger partial charge in [-0.25, -0.2) is 0 Å². The number of halogens is 2. The van der Waals surface area contributed by atoms with Crippen molar-refractivity contribution in [3.05, 3.63) is 44.7 Å². The summed E-state index contributed by atoms with van der Waals surface area (Å²) in [6.07, 6.45) is 0. The Morgan fingerprint density at radius 1 is 1.19 bits per heavy atom. The average Bonchev–Trinajstić information content (AvgIpc) is 2.58. The van der Waals surface area contributed by atoms with Crippen LogP contribution >= 0.6 is 23.2 Å². The Labute approximate surface area is 99.6 Å². The Kier molecular flexibility index (Phi) is 1.99. The largest absolute Gasteiger partial charge is 0.453 e. The summed E-state index contributed by atoms with van der Waals surface area (Å²) in [5, 5.41) is 0.955. The number of aromatic amines is 1. The number of hydrogen-bond donors (Lipinski definition) is 1. The van der Waals surface area contributed by atoms with Crippen LogP contribution in [-0.4, -0.2) is 4.98 Å². The fourth-order valence-corrected chi connectivity index (χ4v) is 2.03. The lowest BCUT2D eigenvalue weighted by Gasteiger charge is -1.96. The molecule has 0 saturated heterocycles. The summed E-state index contributed by atoms with van der Waals surface area (Å²) in [6, 6.07) is 6.98. The van der Waals surface area contributed by atoms with Crippen LogP contribution in [0, 0.1) is 0 Å². The predicted octanol–water partition coefficient (Wildman–Crippen LogP) is 3.58. The molecular formula is C11H5Cl2NO2. The van der Waals surface area contributed by atoms with Gasteiger partial charge in [0.05, 0.1) is 5.39 Å². The molecular weight excluding hydrogens is 249 g/mol. The van der Waals surface area contributed by atoms with Crippen LogP contribution in [0.25, 0.3) is 22.1 Å². The van der Waals surface area contributed by atoms with Gasteiger partial charge in [0.15, 0.2) is 5.58 Å². The van der Waals surface area contributed by atoms with Crippen molar-refractivity contribution >= 4 is 45.3 Å². The number of benzene rings is 1. The van der Waals surface area contributed by atoms with E-state index in [1.807, 2.05) is 0 Å². The second-order valence-corrected chi connectivity index (χ2v) is 4.14. The normalized spacial score (nSPS) is 11.4. The van der Waals surface area contributed by atoms with Gasteiger partial charge in [-0.2, -0.15) is 0 Å². The lowest BCUT2D eigenvalue weighted by Crippen LogP contribution is -2.01. The molecule has 0 atom stereocenters. The van der Waals surface area contributed by atoms with Crippen molar-refractivity contribution in [2.75, 3.05) is 0 Å². The molecule has 80 valence electrons. The molecule has 0 aliphatic rings. The topological polar surface area (TPSA) is 46.0 Å². The summed E-state index contributed by atoms with van der Waals surface area (Å²) in [5.74, 6) is 0. The molecule has 3 aromatic rings. The average molecular weight is 254 g/mol. The van der Waals surface area contributed by atoms with E-state index < -0.39 is 0 Å². The molecule has 0 aliphatic carbocycles. The molecule has 3 rings (SSSR count). The Balaban J connectivity index is 2.66. The SMILES string of the molecule is O=c1c2ccccc2oc2c(Cl)c(Cl)[nH]c12. The number of hydrogen-bond acceptors (Lipinski definition) is 2. The lowest BCUT2D eigenvalue weighted by molar-refractivity contribution is 0.661. The van der Waals surface area contributed by atoms with Crippen molar-refractivity contribution in [2.24, 2.45) is 0 Å². The molecule has 0 aliphatic heterocycles. The van der Waals surface area contributed by atoms with E-state index in [9.17, 15) is 4.79 Å². The van der Waals surface area contributed by atoms with Crippen molar-refractivity contribution < 1.29 is 4.42 Å². The zero-order valence-electron chi connectivity index (χ0n) is 7.88. The van der Waals surface area contributed by atoms with E-state index in [1.54, 1.807) is 24.3 Å². The van der Waals surface area contributed by atoms with Crippen LogP contribution in [0.15, 0.2) is 33.5 Å². The van der Waals surface area contributed by atoms with E-state index in [0.29, 0.717) is 22.1 Å². The zero-order valence-corrected chi connectivity index (χ0v) is 9.39. The highest BCUT2D eigenvalue weighted by molar-refractivity contribution is 6.44. The Morgan fingerprint density at radius 2 is 1.94 bits per heavy atom. The third kappa shape index (κ3) is 1.19. The number of para-hydroxylation sites is 1. The molecule has 5 heteroatoms. The molecule has 1 N–H and O–H groups in total. The van der Waals surface area contributed by atoms with E-state index in [1.165, 1.54) is 0 Å². The third-order valence-electron chi connectivity index (χ3n) is 2.42. The first kappa shape index (κ1) is 9.75. The molecule has 3 nitrogen and oxygen atoms in total. The van der Waals surface area contributed by atoms with E-state index >= 15 is 0 Å². The van der Waals surface area contributed by atoms with Gasteiger partial charge in [0.1, 0.15) is 21.3 Å². The molecule has 0 bridgehead atoms. The molecule has 16 heavy (non-hydrogen) atoms.